The Morgan fingerprint density at radius 1 is 1.04 bits per heavy atom. The van der Waals surface area contributed by atoms with Gasteiger partial charge in [-0.3, -0.25) is 9.78 Å². The lowest BCUT2D eigenvalue weighted by molar-refractivity contribution is 0.0791. The number of pyridine rings is 1. The maximum absolute atomic E-state index is 13.5. The predicted molar refractivity (Wildman–Crippen MR) is 99.3 cm³/mol. The number of benzene rings is 2. The van der Waals surface area contributed by atoms with Crippen LogP contribution >= 0.6 is 0 Å². The molecule has 3 aromatic rings. The Balaban J connectivity index is 1.53. The average molecular weight is 346 g/mol. The quantitative estimate of drug-likeness (QED) is 0.699. The van der Waals surface area contributed by atoms with E-state index in [-0.39, 0.29) is 11.7 Å². The molecule has 0 saturated carbocycles. The number of halogens is 1. The van der Waals surface area contributed by atoms with E-state index in [1.807, 2.05) is 47.5 Å². The van der Waals surface area contributed by atoms with Crippen molar-refractivity contribution in [2.75, 3.05) is 13.1 Å². The summed E-state index contributed by atoms with van der Waals surface area (Å²) < 4.78 is 13.5. The Hall–Kier alpha value is -3.01. The number of carbonyl (C=O) groups is 1. The van der Waals surface area contributed by atoms with Gasteiger partial charge < -0.3 is 4.90 Å². The third kappa shape index (κ3) is 3.36. The lowest BCUT2D eigenvalue weighted by Crippen LogP contribution is -2.28. The molecule has 0 aliphatic carbocycles. The number of rotatable bonds is 3. The average Bonchev–Trinajstić information content (AvgIpc) is 3.18. The largest absolute Gasteiger partial charge is 0.338 e. The molecule has 26 heavy (non-hydrogen) atoms. The van der Waals surface area contributed by atoms with Crippen LogP contribution in [0, 0.1) is 5.82 Å². The van der Waals surface area contributed by atoms with Gasteiger partial charge in [0.05, 0.1) is 0 Å². The summed E-state index contributed by atoms with van der Waals surface area (Å²) in [7, 11) is 0. The fourth-order valence-electron chi connectivity index (χ4n) is 3.52. The third-order valence-corrected chi connectivity index (χ3v) is 4.90. The van der Waals surface area contributed by atoms with E-state index in [0.717, 1.165) is 24.1 Å². The van der Waals surface area contributed by atoms with Crippen molar-refractivity contribution in [3.8, 4) is 11.1 Å². The second-order valence-electron chi connectivity index (χ2n) is 6.61. The van der Waals surface area contributed by atoms with E-state index in [4.69, 9.17) is 0 Å². The molecule has 3 nitrogen and oxygen atoms in total. The minimum absolute atomic E-state index is 0.0228. The van der Waals surface area contributed by atoms with Crippen molar-refractivity contribution in [3.05, 3.63) is 90.0 Å². The first-order valence-electron chi connectivity index (χ1n) is 8.76. The van der Waals surface area contributed by atoms with Crippen molar-refractivity contribution in [3.63, 3.8) is 0 Å². The van der Waals surface area contributed by atoms with Crippen molar-refractivity contribution in [2.45, 2.75) is 12.3 Å². The fourth-order valence-corrected chi connectivity index (χ4v) is 3.52. The van der Waals surface area contributed by atoms with E-state index >= 15 is 0 Å². The molecule has 130 valence electrons. The number of aromatic nitrogens is 1. The Bertz CT molecular complexity index is 926. The number of hydrogen-bond acceptors (Lipinski definition) is 2. The molecule has 1 atom stereocenters. The summed E-state index contributed by atoms with van der Waals surface area (Å²) in [4.78, 5) is 19.0. The minimum atomic E-state index is -0.280. The monoisotopic (exact) mass is 346 g/mol. The summed E-state index contributed by atoms with van der Waals surface area (Å²) in [6.07, 6.45) is 4.59. The molecule has 1 saturated heterocycles. The van der Waals surface area contributed by atoms with E-state index < -0.39 is 0 Å². The van der Waals surface area contributed by atoms with Crippen LogP contribution in [0.3, 0.4) is 0 Å². The highest BCUT2D eigenvalue weighted by Gasteiger charge is 2.28. The molecule has 0 radical (unpaired) electrons. The normalized spacial score (nSPS) is 16.7. The highest BCUT2D eigenvalue weighted by Crippen LogP contribution is 2.28. The Kier molecular flexibility index (Phi) is 4.48. The number of likely N-dealkylation sites (tertiary alicyclic amines) is 1. The molecule has 1 amide bonds. The molecular formula is C22H19FN2O. The van der Waals surface area contributed by atoms with Gasteiger partial charge in [-0.2, -0.15) is 0 Å². The van der Waals surface area contributed by atoms with Crippen LogP contribution in [0.2, 0.25) is 0 Å². The highest BCUT2D eigenvalue weighted by molar-refractivity contribution is 5.95. The van der Waals surface area contributed by atoms with Gasteiger partial charge in [-0.25, -0.2) is 4.39 Å². The molecule has 0 N–H and O–H groups in total. The first-order valence-corrected chi connectivity index (χ1v) is 8.76. The van der Waals surface area contributed by atoms with Gasteiger partial charge in [0, 0.05) is 37.0 Å². The maximum atomic E-state index is 13.5. The molecule has 0 bridgehead atoms. The Morgan fingerprint density at radius 2 is 1.85 bits per heavy atom. The molecule has 2 heterocycles. The number of carbonyl (C=O) groups excluding carboxylic acids is 1. The van der Waals surface area contributed by atoms with Gasteiger partial charge in [0.15, 0.2) is 0 Å². The van der Waals surface area contributed by atoms with E-state index in [1.54, 1.807) is 12.3 Å². The SMILES string of the molecule is O=C(c1cccc(-c2cccc(F)c2)c1)N1CCC(c2cccnc2)C1. The number of hydrogen-bond donors (Lipinski definition) is 0. The first-order chi connectivity index (χ1) is 12.7. The summed E-state index contributed by atoms with van der Waals surface area (Å²) in [6, 6.07) is 17.8. The molecule has 1 fully saturated rings. The number of nitrogens with zero attached hydrogens (tertiary/aromatic N) is 2. The predicted octanol–water partition coefficient (Wildman–Crippen LogP) is 4.52. The van der Waals surface area contributed by atoms with Crippen LogP contribution < -0.4 is 0 Å². The van der Waals surface area contributed by atoms with Gasteiger partial charge in [-0.1, -0.05) is 30.3 Å². The molecule has 1 aromatic heterocycles. The van der Waals surface area contributed by atoms with E-state index in [0.29, 0.717) is 18.0 Å². The summed E-state index contributed by atoms with van der Waals surface area (Å²) in [5, 5.41) is 0. The van der Waals surface area contributed by atoms with Crippen LogP contribution in [0.5, 0.6) is 0 Å². The molecule has 2 aromatic carbocycles. The highest BCUT2D eigenvalue weighted by atomic mass is 19.1. The van der Waals surface area contributed by atoms with E-state index in [2.05, 4.69) is 11.1 Å². The molecule has 4 rings (SSSR count). The summed E-state index contributed by atoms with van der Waals surface area (Å²) in [6.45, 7) is 1.44. The standard InChI is InChI=1S/C22H19FN2O/c23-21-8-2-5-17(13-21)16-4-1-6-18(12-16)22(26)25-11-9-20(15-25)19-7-3-10-24-14-19/h1-8,10,12-14,20H,9,11,15H2. The van der Waals surface area contributed by atoms with Gasteiger partial charge >= 0.3 is 0 Å². The molecular weight excluding hydrogens is 327 g/mol. The Labute approximate surface area is 152 Å². The van der Waals surface area contributed by atoms with Crippen LogP contribution in [-0.4, -0.2) is 28.9 Å². The lowest BCUT2D eigenvalue weighted by atomic mass is 10.0. The second-order valence-corrected chi connectivity index (χ2v) is 6.61. The van der Waals surface area contributed by atoms with Crippen LogP contribution in [0.15, 0.2) is 73.1 Å². The molecule has 4 heteroatoms. The molecule has 1 aliphatic rings. The topological polar surface area (TPSA) is 33.2 Å². The number of amides is 1. The third-order valence-electron chi connectivity index (χ3n) is 4.90. The van der Waals surface area contributed by atoms with Crippen LogP contribution in [0.25, 0.3) is 11.1 Å². The maximum Gasteiger partial charge on any atom is 0.253 e. The zero-order valence-corrected chi connectivity index (χ0v) is 14.3. The molecule has 0 spiro atoms. The smallest absolute Gasteiger partial charge is 0.253 e. The van der Waals surface area contributed by atoms with E-state index in [9.17, 15) is 9.18 Å². The van der Waals surface area contributed by atoms with Crippen molar-refractivity contribution in [2.24, 2.45) is 0 Å². The first kappa shape index (κ1) is 16.5. The van der Waals surface area contributed by atoms with Gasteiger partial charge in [0.25, 0.3) is 5.91 Å². The van der Waals surface area contributed by atoms with Crippen molar-refractivity contribution in [1.29, 1.82) is 0 Å². The van der Waals surface area contributed by atoms with Gasteiger partial charge in [-0.15, -0.1) is 0 Å². The lowest BCUT2D eigenvalue weighted by Gasteiger charge is -2.17. The zero-order valence-electron chi connectivity index (χ0n) is 14.3. The zero-order chi connectivity index (χ0) is 17.9. The van der Waals surface area contributed by atoms with Crippen molar-refractivity contribution < 1.29 is 9.18 Å². The molecule has 1 aliphatic heterocycles. The van der Waals surface area contributed by atoms with Gasteiger partial charge in [0.1, 0.15) is 5.82 Å². The van der Waals surface area contributed by atoms with Crippen LogP contribution in [0.4, 0.5) is 4.39 Å². The molecule has 1 unspecified atom stereocenters. The van der Waals surface area contributed by atoms with Crippen molar-refractivity contribution in [1.82, 2.24) is 9.88 Å². The fraction of sp³-hybridized carbons (Fsp3) is 0.182. The summed E-state index contributed by atoms with van der Waals surface area (Å²) in [5.74, 6) is 0.0757. The van der Waals surface area contributed by atoms with Crippen LogP contribution in [-0.2, 0) is 0 Å². The Morgan fingerprint density at radius 3 is 2.62 bits per heavy atom. The minimum Gasteiger partial charge on any atom is -0.338 e. The second kappa shape index (κ2) is 7.08. The summed E-state index contributed by atoms with van der Waals surface area (Å²) in [5.41, 5.74) is 3.43. The van der Waals surface area contributed by atoms with Crippen molar-refractivity contribution >= 4 is 5.91 Å². The van der Waals surface area contributed by atoms with Crippen LogP contribution in [0.1, 0.15) is 28.3 Å². The summed E-state index contributed by atoms with van der Waals surface area (Å²) >= 11 is 0. The van der Waals surface area contributed by atoms with Gasteiger partial charge in [0.2, 0.25) is 0 Å². The van der Waals surface area contributed by atoms with E-state index in [1.165, 1.54) is 17.7 Å². The van der Waals surface area contributed by atoms with Gasteiger partial charge in [-0.05, 0) is 53.4 Å².